The van der Waals surface area contributed by atoms with E-state index in [0.29, 0.717) is 43.2 Å². The first-order chi connectivity index (χ1) is 18.6. The Bertz CT molecular complexity index is 1290. The van der Waals surface area contributed by atoms with E-state index >= 15 is 0 Å². The van der Waals surface area contributed by atoms with Gasteiger partial charge in [-0.25, -0.2) is 28.1 Å². The molecule has 0 aliphatic carbocycles. The van der Waals surface area contributed by atoms with Gasteiger partial charge in [0.15, 0.2) is 0 Å². The van der Waals surface area contributed by atoms with Gasteiger partial charge in [-0.15, -0.1) is 13.2 Å². The van der Waals surface area contributed by atoms with Crippen LogP contribution in [0.5, 0.6) is 5.88 Å². The molecule has 0 saturated carbocycles. The van der Waals surface area contributed by atoms with Gasteiger partial charge in [-0.1, -0.05) is 12.2 Å². The minimum atomic E-state index is -2.80. The molecule has 2 amide bonds. The molecular formula is C28H37F2N7O2. The molecule has 3 heterocycles. The van der Waals surface area contributed by atoms with Crippen molar-refractivity contribution in [3.05, 3.63) is 61.4 Å². The molecule has 0 aliphatic heterocycles. The molecule has 0 fully saturated rings. The number of amides is 2. The van der Waals surface area contributed by atoms with Crippen LogP contribution in [0, 0.1) is 6.92 Å². The van der Waals surface area contributed by atoms with E-state index in [2.05, 4.69) is 33.5 Å². The molecule has 3 aromatic heterocycles. The van der Waals surface area contributed by atoms with Crippen LogP contribution in [-0.2, 0) is 0 Å². The average molecular weight is 542 g/mol. The average Bonchev–Trinajstić information content (AvgIpc) is 3.37. The van der Waals surface area contributed by atoms with Crippen LogP contribution in [0.4, 0.5) is 13.6 Å². The molecule has 3 rings (SSSR count). The van der Waals surface area contributed by atoms with E-state index in [4.69, 9.17) is 9.72 Å². The number of carbonyl (C=O) groups is 1. The number of hydrogen-bond acceptors (Lipinski definition) is 6. The second-order valence-electron chi connectivity index (χ2n) is 9.53. The van der Waals surface area contributed by atoms with E-state index < -0.39 is 12.0 Å². The van der Waals surface area contributed by atoms with Gasteiger partial charge in [-0.05, 0) is 58.6 Å². The van der Waals surface area contributed by atoms with Crippen molar-refractivity contribution < 1.29 is 18.3 Å². The van der Waals surface area contributed by atoms with Crippen molar-refractivity contribution in [3.8, 4) is 17.1 Å². The molecule has 0 bridgehead atoms. The van der Waals surface area contributed by atoms with Crippen LogP contribution in [0.1, 0.15) is 63.8 Å². The number of carbonyl (C=O) groups excluding carboxylic acids is 1. The highest BCUT2D eigenvalue weighted by molar-refractivity contribution is 5.75. The van der Waals surface area contributed by atoms with Crippen LogP contribution in [0.25, 0.3) is 16.9 Å². The zero-order chi connectivity index (χ0) is 28.6. The Morgan fingerprint density at radius 1 is 1.31 bits per heavy atom. The summed E-state index contributed by atoms with van der Waals surface area (Å²) in [4.78, 5) is 28.4. The smallest absolute Gasteiger partial charge is 0.318 e. The molecule has 11 heteroatoms. The Hall–Kier alpha value is -3.89. The predicted octanol–water partition coefficient (Wildman–Crippen LogP) is 5.92. The summed E-state index contributed by atoms with van der Waals surface area (Å²) in [5, 5.41) is 7.15. The van der Waals surface area contributed by atoms with Gasteiger partial charge in [0.2, 0.25) is 11.6 Å². The normalized spacial score (nSPS) is 13.1. The third-order valence-corrected chi connectivity index (χ3v) is 6.44. The number of urea groups is 1. The molecule has 0 aliphatic rings. The molecule has 2 atom stereocenters. The van der Waals surface area contributed by atoms with Crippen molar-refractivity contribution in [3.63, 3.8) is 0 Å². The van der Waals surface area contributed by atoms with Crippen LogP contribution in [0.15, 0.2) is 50.1 Å². The molecule has 0 saturated heterocycles. The lowest BCUT2D eigenvalue weighted by Crippen LogP contribution is -2.46. The van der Waals surface area contributed by atoms with E-state index in [1.807, 2.05) is 26.8 Å². The maximum Gasteiger partial charge on any atom is 0.318 e. The molecule has 0 unspecified atom stereocenters. The Morgan fingerprint density at radius 2 is 2.08 bits per heavy atom. The number of aryl methyl sites for hydroxylation is 1. The molecule has 0 spiro atoms. The summed E-state index contributed by atoms with van der Waals surface area (Å²) in [7, 11) is 0. The summed E-state index contributed by atoms with van der Waals surface area (Å²) in [6.45, 7) is 14.8. The number of pyridine rings is 1. The second kappa shape index (κ2) is 13.3. The van der Waals surface area contributed by atoms with Crippen LogP contribution in [0.3, 0.4) is 0 Å². The summed E-state index contributed by atoms with van der Waals surface area (Å²) < 4.78 is 34.3. The van der Waals surface area contributed by atoms with Crippen molar-refractivity contribution in [1.29, 1.82) is 0 Å². The van der Waals surface area contributed by atoms with Gasteiger partial charge < -0.3 is 15.0 Å². The van der Waals surface area contributed by atoms with Crippen LogP contribution in [-0.4, -0.2) is 60.6 Å². The maximum atomic E-state index is 13.4. The topological polar surface area (TPSA) is 97.5 Å². The molecule has 0 radical (unpaired) electrons. The Morgan fingerprint density at radius 3 is 2.74 bits per heavy atom. The molecule has 210 valence electrons. The van der Waals surface area contributed by atoms with E-state index in [1.54, 1.807) is 34.0 Å². The first kappa shape index (κ1) is 29.7. The highest BCUT2D eigenvalue weighted by Crippen LogP contribution is 2.29. The zero-order valence-corrected chi connectivity index (χ0v) is 23.0. The van der Waals surface area contributed by atoms with Crippen LogP contribution in [0.2, 0.25) is 0 Å². The molecule has 3 aromatic rings. The third-order valence-electron chi connectivity index (χ3n) is 6.44. The van der Waals surface area contributed by atoms with Crippen LogP contribution >= 0.6 is 0 Å². The highest BCUT2D eigenvalue weighted by atomic mass is 19.3. The standard InChI is InChI=1S/C28H37F2N7O2/c1-7-10-14-39-26-25-32-18-33-37(25)17-24(35-26)23-15-21(16-31-19(23)4)20(5)36(9-3)27(38)34-22(11-8-2)12-13-28(6,29)30/h7-8,15-18,20,22H,1-2,9-14H2,3-6H3,(H,34,38)/t20-,22-/m1/s1. The van der Waals surface area contributed by atoms with E-state index in [1.165, 1.54) is 6.33 Å². The molecular weight excluding hydrogens is 504 g/mol. The first-order valence-corrected chi connectivity index (χ1v) is 13.0. The summed E-state index contributed by atoms with van der Waals surface area (Å²) in [6.07, 6.45) is 9.20. The fourth-order valence-electron chi connectivity index (χ4n) is 4.21. The fourth-order valence-corrected chi connectivity index (χ4v) is 4.21. The van der Waals surface area contributed by atoms with Gasteiger partial charge in [0.25, 0.3) is 5.88 Å². The van der Waals surface area contributed by atoms with Gasteiger partial charge in [-0.2, -0.15) is 5.10 Å². The molecule has 9 nitrogen and oxygen atoms in total. The van der Waals surface area contributed by atoms with Crippen molar-refractivity contribution in [2.75, 3.05) is 13.2 Å². The number of halogens is 2. The van der Waals surface area contributed by atoms with Crippen molar-refractivity contribution in [2.45, 2.75) is 71.4 Å². The highest BCUT2D eigenvalue weighted by Gasteiger charge is 2.26. The van der Waals surface area contributed by atoms with Gasteiger partial charge in [0, 0.05) is 36.5 Å². The van der Waals surface area contributed by atoms with Gasteiger partial charge in [0.05, 0.1) is 24.5 Å². The Kier molecular flexibility index (Phi) is 10.1. The minimum absolute atomic E-state index is 0.150. The fraction of sp³-hybridized carbons (Fsp3) is 0.464. The maximum absolute atomic E-state index is 13.4. The lowest BCUT2D eigenvalue weighted by atomic mass is 10.0. The number of rotatable bonds is 14. The Labute approximate surface area is 228 Å². The molecule has 0 aromatic carbocycles. The molecule has 1 N–H and O–H groups in total. The number of aromatic nitrogens is 5. The quantitative estimate of drug-likeness (QED) is 0.201. The zero-order valence-electron chi connectivity index (χ0n) is 23.0. The SMILES string of the molecule is C=CCCOc1nc(-c2cc([C@@H](C)N(CC)C(=O)N[C@H](CC=C)CCC(C)(F)F)cnc2C)cn2ncnc12. The summed E-state index contributed by atoms with van der Waals surface area (Å²) >= 11 is 0. The Balaban J connectivity index is 1.87. The monoisotopic (exact) mass is 541 g/mol. The van der Waals surface area contributed by atoms with Crippen molar-refractivity contribution >= 4 is 11.7 Å². The number of hydrogen-bond donors (Lipinski definition) is 1. The number of ether oxygens (including phenoxy) is 1. The number of nitrogens with zero attached hydrogens (tertiary/aromatic N) is 6. The largest absolute Gasteiger partial charge is 0.475 e. The van der Waals surface area contributed by atoms with Gasteiger partial charge in [0.1, 0.15) is 6.33 Å². The van der Waals surface area contributed by atoms with E-state index in [-0.39, 0.29) is 24.9 Å². The van der Waals surface area contributed by atoms with Crippen LogP contribution < -0.4 is 10.1 Å². The summed E-state index contributed by atoms with van der Waals surface area (Å²) in [5.41, 5.74) is 3.40. The minimum Gasteiger partial charge on any atom is -0.475 e. The third kappa shape index (κ3) is 7.81. The first-order valence-electron chi connectivity index (χ1n) is 13.0. The van der Waals surface area contributed by atoms with Gasteiger partial charge >= 0.3 is 6.03 Å². The second-order valence-corrected chi connectivity index (χ2v) is 9.53. The van der Waals surface area contributed by atoms with Gasteiger partial charge in [-0.3, -0.25) is 4.98 Å². The predicted molar refractivity (Wildman–Crippen MR) is 147 cm³/mol. The van der Waals surface area contributed by atoms with Crippen molar-refractivity contribution in [2.24, 2.45) is 0 Å². The lowest BCUT2D eigenvalue weighted by Gasteiger charge is -2.31. The number of fused-ring (bicyclic) bond motifs is 1. The summed E-state index contributed by atoms with van der Waals surface area (Å²) in [5.74, 6) is -2.45. The number of nitrogens with one attached hydrogen (secondary N) is 1. The molecule has 39 heavy (non-hydrogen) atoms. The summed E-state index contributed by atoms with van der Waals surface area (Å²) in [6, 6.07) is 0.822. The van der Waals surface area contributed by atoms with E-state index in [0.717, 1.165) is 23.7 Å². The van der Waals surface area contributed by atoms with E-state index in [9.17, 15) is 13.6 Å². The van der Waals surface area contributed by atoms with Crippen molar-refractivity contribution in [1.82, 2.24) is 34.8 Å². The number of alkyl halides is 2. The lowest BCUT2D eigenvalue weighted by molar-refractivity contribution is 0.00841.